The molecule has 3 heteroatoms. The summed E-state index contributed by atoms with van der Waals surface area (Å²) in [6.07, 6.45) is 0.799. The number of carbonyl (C=O) groups excluding carboxylic acids is 2. The number of amides is 1. The van der Waals surface area contributed by atoms with Gasteiger partial charge in [0, 0.05) is 18.5 Å². The normalized spacial score (nSPS) is 13.9. The number of hydrogen-bond acceptors (Lipinski definition) is 2. The van der Waals surface area contributed by atoms with Crippen LogP contribution in [-0.2, 0) is 4.79 Å². The molecule has 0 heterocycles. The molecule has 0 aromatic heterocycles. The minimum atomic E-state index is -0.433. The molecule has 0 bridgehead atoms. The highest BCUT2D eigenvalue weighted by atomic mass is 16.2. The number of nitrogens with zero attached hydrogens (tertiary/aromatic N) is 1. The first-order chi connectivity index (χ1) is 9.40. The Morgan fingerprint density at radius 3 is 2.10 bits per heavy atom. The number of likely N-dealkylation sites (N-methyl/N-ethyl adjacent to an activating group) is 1. The molecule has 0 saturated carbocycles. The minimum Gasteiger partial charge on any atom is -0.335 e. The first-order valence-corrected chi connectivity index (χ1v) is 7.26. The van der Waals surface area contributed by atoms with Crippen molar-refractivity contribution in [1.82, 2.24) is 4.90 Å². The van der Waals surface area contributed by atoms with E-state index in [1.165, 1.54) is 0 Å². The molecule has 20 heavy (non-hydrogen) atoms. The molecule has 0 saturated heterocycles. The van der Waals surface area contributed by atoms with Gasteiger partial charge in [0.1, 0.15) is 0 Å². The van der Waals surface area contributed by atoms with Gasteiger partial charge >= 0.3 is 0 Å². The molecule has 2 atom stereocenters. The summed E-state index contributed by atoms with van der Waals surface area (Å²) in [5, 5.41) is 0. The van der Waals surface area contributed by atoms with Crippen LogP contribution >= 0.6 is 0 Å². The summed E-state index contributed by atoms with van der Waals surface area (Å²) >= 11 is 0. The van der Waals surface area contributed by atoms with Crippen LogP contribution in [0.5, 0.6) is 0 Å². The van der Waals surface area contributed by atoms with E-state index in [0.717, 1.165) is 6.42 Å². The molecule has 0 N–H and O–H groups in total. The number of hydrogen-bond donors (Lipinski definition) is 0. The van der Waals surface area contributed by atoms with Crippen molar-refractivity contribution in [3.63, 3.8) is 0 Å². The topological polar surface area (TPSA) is 37.4 Å². The van der Waals surface area contributed by atoms with Crippen molar-refractivity contribution in [3.8, 4) is 0 Å². The molecule has 1 rings (SSSR count). The van der Waals surface area contributed by atoms with Crippen LogP contribution in [-0.4, -0.2) is 29.7 Å². The van der Waals surface area contributed by atoms with Gasteiger partial charge in [-0.1, -0.05) is 51.1 Å². The van der Waals surface area contributed by atoms with Crippen molar-refractivity contribution in [1.29, 1.82) is 0 Å². The van der Waals surface area contributed by atoms with E-state index in [1.54, 1.807) is 31.0 Å². The molecule has 0 aliphatic heterocycles. The monoisotopic (exact) mass is 275 g/mol. The van der Waals surface area contributed by atoms with Crippen LogP contribution in [0.4, 0.5) is 0 Å². The molecular weight excluding hydrogens is 250 g/mol. The minimum absolute atomic E-state index is 0.0138. The van der Waals surface area contributed by atoms with Crippen LogP contribution in [0.2, 0.25) is 0 Å². The molecule has 3 nitrogen and oxygen atoms in total. The molecular formula is C17H25NO2. The number of benzene rings is 1. The van der Waals surface area contributed by atoms with E-state index in [-0.39, 0.29) is 23.5 Å². The van der Waals surface area contributed by atoms with Crippen molar-refractivity contribution in [2.75, 3.05) is 7.05 Å². The summed E-state index contributed by atoms with van der Waals surface area (Å²) in [4.78, 5) is 26.4. The van der Waals surface area contributed by atoms with Crippen molar-refractivity contribution in [2.45, 2.75) is 40.2 Å². The zero-order chi connectivity index (χ0) is 15.3. The lowest BCUT2D eigenvalue weighted by Gasteiger charge is -2.29. The van der Waals surface area contributed by atoms with Crippen LogP contribution in [0, 0.1) is 11.8 Å². The fraction of sp³-hybridized carbons (Fsp3) is 0.529. The quantitative estimate of drug-likeness (QED) is 0.746. The van der Waals surface area contributed by atoms with Gasteiger partial charge in [0.15, 0.2) is 5.78 Å². The highest BCUT2D eigenvalue weighted by Gasteiger charge is 2.29. The molecule has 0 spiro atoms. The SMILES string of the molecule is CC[C@H](C(=O)N(C)[C@@H](C)C(=O)c1ccccc1)C(C)C. The van der Waals surface area contributed by atoms with Gasteiger partial charge < -0.3 is 4.90 Å². The van der Waals surface area contributed by atoms with E-state index in [4.69, 9.17) is 0 Å². The van der Waals surface area contributed by atoms with Crippen molar-refractivity contribution in [2.24, 2.45) is 11.8 Å². The molecule has 1 amide bonds. The lowest BCUT2D eigenvalue weighted by molar-refractivity contribution is -0.136. The van der Waals surface area contributed by atoms with E-state index in [1.807, 2.05) is 39.0 Å². The zero-order valence-corrected chi connectivity index (χ0v) is 13.1. The first-order valence-electron chi connectivity index (χ1n) is 7.26. The molecule has 0 aliphatic carbocycles. The van der Waals surface area contributed by atoms with E-state index < -0.39 is 6.04 Å². The largest absolute Gasteiger partial charge is 0.335 e. The van der Waals surface area contributed by atoms with Crippen molar-refractivity contribution in [3.05, 3.63) is 35.9 Å². The third-order valence-electron chi connectivity index (χ3n) is 3.93. The average molecular weight is 275 g/mol. The second-order valence-corrected chi connectivity index (χ2v) is 5.61. The maximum absolute atomic E-state index is 12.5. The van der Waals surface area contributed by atoms with Crippen molar-refractivity contribution < 1.29 is 9.59 Å². The molecule has 1 aromatic carbocycles. The Hall–Kier alpha value is -1.64. The predicted molar refractivity (Wildman–Crippen MR) is 81.6 cm³/mol. The average Bonchev–Trinajstić information content (AvgIpc) is 2.46. The maximum Gasteiger partial charge on any atom is 0.226 e. The van der Waals surface area contributed by atoms with Gasteiger partial charge in [0.2, 0.25) is 5.91 Å². The molecule has 1 aromatic rings. The van der Waals surface area contributed by atoms with Crippen LogP contribution in [0.1, 0.15) is 44.5 Å². The van der Waals surface area contributed by atoms with Gasteiger partial charge in [-0.05, 0) is 19.3 Å². The van der Waals surface area contributed by atoms with Gasteiger partial charge in [-0.25, -0.2) is 0 Å². The fourth-order valence-electron chi connectivity index (χ4n) is 2.40. The van der Waals surface area contributed by atoms with Gasteiger partial charge in [0.25, 0.3) is 0 Å². The van der Waals surface area contributed by atoms with Gasteiger partial charge in [-0.15, -0.1) is 0 Å². The Balaban J connectivity index is 2.83. The van der Waals surface area contributed by atoms with E-state index in [9.17, 15) is 9.59 Å². The van der Waals surface area contributed by atoms with Gasteiger partial charge in [-0.3, -0.25) is 9.59 Å². The van der Waals surface area contributed by atoms with Gasteiger partial charge in [0.05, 0.1) is 6.04 Å². The molecule has 110 valence electrons. The predicted octanol–water partition coefficient (Wildman–Crippen LogP) is 3.40. The summed E-state index contributed by atoms with van der Waals surface area (Å²) in [5.74, 6) is 0.305. The van der Waals surface area contributed by atoms with E-state index >= 15 is 0 Å². The highest BCUT2D eigenvalue weighted by molar-refractivity contribution is 6.01. The number of rotatable bonds is 6. The second-order valence-electron chi connectivity index (χ2n) is 5.61. The maximum atomic E-state index is 12.5. The Morgan fingerprint density at radius 1 is 1.10 bits per heavy atom. The second kappa shape index (κ2) is 7.22. The Kier molecular flexibility index (Phi) is 5.93. The van der Waals surface area contributed by atoms with Crippen LogP contribution in [0.15, 0.2) is 30.3 Å². The molecule has 0 fully saturated rings. The lowest BCUT2D eigenvalue weighted by atomic mass is 9.91. The third kappa shape index (κ3) is 3.69. The molecule has 0 aliphatic rings. The summed E-state index contributed by atoms with van der Waals surface area (Å²) in [7, 11) is 1.72. The van der Waals surface area contributed by atoms with Crippen molar-refractivity contribution >= 4 is 11.7 Å². The smallest absolute Gasteiger partial charge is 0.226 e. The Bertz CT molecular complexity index is 453. The highest BCUT2D eigenvalue weighted by Crippen LogP contribution is 2.19. The summed E-state index contributed by atoms with van der Waals surface area (Å²) in [6.45, 7) is 7.90. The number of carbonyl (C=O) groups is 2. The van der Waals surface area contributed by atoms with E-state index in [2.05, 4.69) is 0 Å². The molecule has 0 radical (unpaired) electrons. The van der Waals surface area contributed by atoms with Crippen LogP contribution in [0.25, 0.3) is 0 Å². The summed E-state index contributed by atoms with van der Waals surface area (Å²) in [5.41, 5.74) is 0.650. The third-order valence-corrected chi connectivity index (χ3v) is 3.93. The first kappa shape index (κ1) is 16.4. The Labute approximate surface area is 122 Å². The lowest BCUT2D eigenvalue weighted by Crippen LogP contribution is -2.44. The number of ketones is 1. The van der Waals surface area contributed by atoms with E-state index in [0.29, 0.717) is 5.56 Å². The fourth-order valence-corrected chi connectivity index (χ4v) is 2.40. The number of Topliss-reactive ketones (excluding diaryl/α,β-unsaturated/α-hetero) is 1. The van der Waals surface area contributed by atoms with Crippen LogP contribution < -0.4 is 0 Å². The Morgan fingerprint density at radius 2 is 1.65 bits per heavy atom. The van der Waals surface area contributed by atoms with Crippen LogP contribution in [0.3, 0.4) is 0 Å². The summed E-state index contributed by atoms with van der Waals surface area (Å²) in [6, 6.07) is 8.70. The standard InChI is InChI=1S/C17H25NO2/c1-6-15(12(2)3)17(20)18(5)13(4)16(19)14-10-8-7-9-11-14/h7-13,15H,6H2,1-5H3/t13-,15-/m0/s1. The van der Waals surface area contributed by atoms with Gasteiger partial charge in [-0.2, -0.15) is 0 Å². The zero-order valence-electron chi connectivity index (χ0n) is 13.1. The molecule has 0 unspecified atom stereocenters. The summed E-state index contributed by atoms with van der Waals surface area (Å²) < 4.78 is 0.